The maximum Gasteiger partial charge on any atom is 0.328 e. The standard InChI is InChI=1S/C9H15NO4/c1-2-14-9(13)5-7-10-6-3-4-8(11)12/h3-4,10H,2,5-7H2,1H3,(H,11,12)/b4-3+. The molecule has 0 bridgehead atoms. The summed E-state index contributed by atoms with van der Waals surface area (Å²) in [6.07, 6.45) is 2.83. The van der Waals surface area contributed by atoms with E-state index in [-0.39, 0.29) is 5.97 Å². The minimum atomic E-state index is -0.975. The maximum absolute atomic E-state index is 10.8. The highest BCUT2D eigenvalue weighted by molar-refractivity contribution is 5.79. The van der Waals surface area contributed by atoms with E-state index >= 15 is 0 Å². The number of carbonyl (C=O) groups is 2. The first-order valence-electron chi connectivity index (χ1n) is 4.42. The molecule has 0 rings (SSSR count). The Morgan fingerprint density at radius 2 is 2.21 bits per heavy atom. The first-order chi connectivity index (χ1) is 6.66. The molecule has 0 aliphatic carbocycles. The van der Waals surface area contributed by atoms with Crippen molar-refractivity contribution in [3.8, 4) is 0 Å². The molecular weight excluding hydrogens is 186 g/mol. The van der Waals surface area contributed by atoms with Crippen LogP contribution in [0, 0.1) is 0 Å². The number of esters is 1. The number of carboxylic acid groups (broad SMARTS) is 1. The maximum atomic E-state index is 10.8. The zero-order valence-corrected chi connectivity index (χ0v) is 8.16. The number of ether oxygens (including phenoxy) is 1. The first kappa shape index (κ1) is 12.6. The van der Waals surface area contributed by atoms with E-state index in [0.29, 0.717) is 26.1 Å². The van der Waals surface area contributed by atoms with Crippen molar-refractivity contribution in [2.24, 2.45) is 0 Å². The molecule has 0 atom stereocenters. The molecule has 0 amide bonds. The predicted molar refractivity (Wildman–Crippen MR) is 50.9 cm³/mol. The van der Waals surface area contributed by atoms with Crippen molar-refractivity contribution >= 4 is 11.9 Å². The summed E-state index contributed by atoms with van der Waals surface area (Å²) < 4.78 is 4.70. The van der Waals surface area contributed by atoms with Crippen LogP contribution in [0.5, 0.6) is 0 Å². The third-order valence-electron chi connectivity index (χ3n) is 1.33. The van der Waals surface area contributed by atoms with Crippen molar-refractivity contribution < 1.29 is 19.4 Å². The first-order valence-corrected chi connectivity index (χ1v) is 4.42. The molecule has 0 spiro atoms. The van der Waals surface area contributed by atoms with Gasteiger partial charge < -0.3 is 15.2 Å². The summed E-state index contributed by atoms with van der Waals surface area (Å²) in [6, 6.07) is 0. The van der Waals surface area contributed by atoms with Crippen molar-refractivity contribution in [2.75, 3.05) is 19.7 Å². The van der Waals surface area contributed by atoms with E-state index in [9.17, 15) is 9.59 Å². The molecule has 0 aromatic carbocycles. The van der Waals surface area contributed by atoms with E-state index in [2.05, 4.69) is 5.32 Å². The Morgan fingerprint density at radius 1 is 1.50 bits per heavy atom. The molecule has 0 unspecified atom stereocenters. The molecule has 5 nitrogen and oxygen atoms in total. The summed E-state index contributed by atoms with van der Waals surface area (Å²) in [4.78, 5) is 20.8. The highest BCUT2D eigenvalue weighted by atomic mass is 16.5. The van der Waals surface area contributed by atoms with E-state index < -0.39 is 5.97 Å². The van der Waals surface area contributed by atoms with Gasteiger partial charge in [0.2, 0.25) is 0 Å². The lowest BCUT2D eigenvalue weighted by atomic mass is 10.4. The molecule has 0 saturated heterocycles. The van der Waals surface area contributed by atoms with Crippen LogP contribution in [0.2, 0.25) is 0 Å². The van der Waals surface area contributed by atoms with Crippen molar-refractivity contribution in [3.63, 3.8) is 0 Å². The molecule has 0 aliphatic rings. The van der Waals surface area contributed by atoms with Crippen LogP contribution in [0.15, 0.2) is 12.2 Å². The highest BCUT2D eigenvalue weighted by Gasteiger charge is 1.98. The highest BCUT2D eigenvalue weighted by Crippen LogP contribution is 1.83. The van der Waals surface area contributed by atoms with Crippen molar-refractivity contribution in [1.82, 2.24) is 5.32 Å². The van der Waals surface area contributed by atoms with Gasteiger partial charge in [0.15, 0.2) is 0 Å². The van der Waals surface area contributed by atoms with Crippen LogP contribution in [0.3, 0.4) is 0 Å². The van der Waals surface area contributed by atoms with Gasteiger partial charge in [-0.05, 0) is 6.92 Å². The number of rotatable bonds is 7. The summed E-state index contributed by atoms with van der Waals surface area (Å²) in [7, 11) is 0. The van der Waals surface area contributed by atoms with Crippen LogP contribution in [-0.4, -0.2) is 36.7 Å². The Kier molecular flexibility index (Phi) is 7.45. The SMILES string of the molecule is CCOC(=O)CCNC/C=C/C(=O)O. The van der Waals surface area contributed by atoms with Gasteiger partial charge in [0.1, 0.15) is 0 Å². The number of hydrogen-bond acceptors (Lipinski definition) is 4. The van der Waals surface area contributed by atoms with Crippen molar-refractivity contribution in [3.05, 3.63) is 12.2 Å². The lowest BCUT2D eigenvalue weighted by molar-refractivity contribution is -0.143. The monoisotopic (exact) mass is 201 g/mol. The summed E-state index contributed by atoms with van der Waals surface area (Å²) >= 11 is 0. The average Bonchev–Trinajstić information content (AvgIpc) is 2.11. The van der Waals surface area contributed by atoms with Gasteiger partial charge in [-0.25, -0.2) is 4.79 Å². The van der Waals surface area contributed by atoms with Crippen LogP contribution in [0.4, 0.5) is 0 Å². The van der Waals surface area contributed by atoms with Gasteiger partial charge in [-0.2, -0.15) is 0 Å². The molecule has 0 aromatic heterocycles. The fourth-order valence-corrected chi connectivity index (χ4v) is 0.769. The zero-order valence-electron chi connectivity index (χ0n) is 8.16. The fourth-order valence-electron chi connectivity index (χ4n) is 0.769. The van der Waals surface area contributed by atoms with Crippen LogP contribution in [-0.2, 0) is 14.3 Å². The topological polar surface area (TPSA) is 75.6 Å². The Morgan fingerprint density at radius 3 is 2.79 bits per heavy atom. The van der Waals surface area contributed by atoms with Gasteiger partial charge in [0.25, 0.3) is 0 Å². The number of carboxylic acids is 1. The molecule has 5 heteroatoms. The summed E-state index contributed by atoms with van der Waals surface area (Å²) in [5.41, 5.74) is 0. The zero-order chi connectivity index (χ0) is 10.8. The molecule has 0 fully saturated rings. The smallest absolute Gasteiger partial charge is 0.328 e. The lowest BCUT2D eigenvalue weighted by Gasteiger charge is -2.01. The average molecular weight is 201 g/mol. The van der Waals surface area contributed by atoms with E-state index in [4.69, 9.17) is 9.84 Å². The fraction of sp³-hybridized carbons (Fsp3) is 0.556. The van der Waals surface area contributed by atoms with Gasteiger partial charge in [-0.1, -0.05) is 6.08 Å². The Labute approximate surface area is 82.7 Å². The van der Waals surface area contributed by atoms with E-state index in [1.807, 2.05) is 0 Å². The van der Waals surface area contributed by atoms with Gasteiger partial charge in [0, 0.05) is 19.2 Å². The molecule has 0 radical (unpaired) electrons. The van der Waals surface area contributed by atoms with E-state index in [1.165, 1.54) is 6.08 Å². The Bertz CT molecular complexity index is 213. The number of nitrogens with one attached hydrogen (secondary N) is 1. The summed E-state index contributed by atoms with van der Waals surface area (Å²) in [5, 5.41) is 11.1. The third-order valence-corrected chi connectivity index (χ3v) is 1.33. The Balaban J connectivity index is 3.29. The quantitative estimate of drug-likeness (QED) is 0.349. The van der Waals surface area contributed by atoms with Crippen LogP contribution < -0.4 is 5.32 Å². The van der Waals surface area contributed by atoms with Crippen LogP contribution in [0.1, 0.15) is 13.3 Å². The second-order valence-corrected chi connectivity index (χ2v) is 2.50. The minimum absolute atomic E-state index is 0.248. The lowest BCUT2D eigenvalue weighted by Crippen LogP contribution is -2.19. The molecular formula is C9H15NO4. The third kappa shape index (κ3) is 8.73. The second-order valence-electron chi connectivity index (χ2n) is 2.50. The number of aliphatic carboxylic acids is 1. The number of hydrogen-bond donors (Lipinski definition) is 2. The molecule has 0 aromatic rings. The van der Waals surface area contributed by atoms with Gasteiger partial charge in [0.05, 0.1) is 13.0 Å². The van der Waals surface area contributed by atoms with Crippen LogP contribution >= 0.6 is 0 Å². The van der Waals surface area contributed by atoms with Crippen molar-refractivity contribution in [2.45, 2.75) is 13.3 Å². The molecule has 0 aliphatic heterocycles. The normalized spacial score (nSPS) is 10.4. The predicted octanol–water partition coefficient (Wildman–Crippen LogP) is 0.170. The Hall–Kier alpha value is -1.36. The van der Waals surface area contributed by atoms with Gasteiger partial charge in [-0.15, -0.1) is 0 Å². The van der Waals surface area contributed by atoms with Gasteiger partial charge in [-0.3, -0.25) is 4.79 Å². The van der Waals surface area contributed by atoms with Gasteiger partial charge >= 0.3 is 11.9 Å². The molecule has 80 valence electrons. The second kappa shape index (κ2) is 8.25. The van der Waals surface area contributed by atoms with Crippen LogP contribution in [0.25, 0.3) is 0 Å². The largest absolute Gasteiger partial charge is 0.478 e. The van der Waals surface area contributed by atoms with E-state index in [0.717, 1.165) is 6.08 Å². The summed E-state index contributed by atoms with van der Waals surface area (Å²) in [5.74, 6) is -1.22. The summed E-state index contributed by atoms with van der Waals surface area (Å²) in [6.45, 7) is 3.06. The van der Waals surface area contributed by atoms with E-state index in [1.54, 1.807) is 6.92 Å². The molecule has 0 heterocycles. The minimum Gasteiger partial charge on any atom is -0.478 e. The number of carbonyl (C=O) groups excluding carboxylic acids is 1. The molecule has 2 N–H and O–H groups in total. The van der Waals surface area contributed by atoms with Crippen molar-refractivity contribution in [1.29, 1.82) is 0 Å². The molecule has 0 saturated carbocycles. The molecule has 14 heavy (non-hydrogen) atoms.